The van der Waals surface area contributed by atoms with Gasteiger partial charge in [0.15, 0.2) is 0 Å². The van der Waals surface area contributed by atoms with Crippen molar-refractivity contribution in [3.63, 3.8) is 0 Å². The average molecular weight is 360 g/mol. The minimum Gasteiger partial charge on any atom is -0.462 e. The van der Waals surface area contributed by atoms with E-state index in [9.17, 15) is 9.18 Å². The van der Waals surface area contributed by atoms with Gasteiger partial charge in [-0.05, 0) is 44.4 Å². The van der Waals surface area contributed by atoms with Gasteiger partial charge < -0.3 is 20.2 Å². The molecule has 1 saturated heterocycles. The fraction of sp³-hybridized carbons (Fsp3) is 0.400. The molecule has 6 heteroatoms. The van der Waals surface area contributed by atoms with Gasteiger partial charge >= 0.3 is 5.97 Å². The first kappa shape index (κ1) is 19.8. The average Bonchev–Trinajstić information content (AvgIpc) is 2.62. The molecule has 2 N–H and O–H groups in total. The van der Waals surface area contributed by atoms with E-state index in [1.54, 1.807) is 26.0 Å². The van der Waals surface area contributed by atoms with Crippen molar-refractivity contribution < 1.29 is 18.7 Å². The number of ether oxygens (including phenoxy) is 2. The molecule has 0 saturated carbocycles. The van der Waals surface area contributed by atoms with E-state index >= 15 is 0 Å². The highest BCUT2D eigenvalue weighted by Crippen LogP contribution is 2.25. The second-order valence-corrected chi connectivity index (χ2v) is 6.16. The second-order valence-electron chi connectivity index (χ2n) is 6.16. The van der Waals surface area contributed by atoms with E-state index in [0.29, 0.717) is 18.8 Å². The third-order valence-corrected chi connectivity index (χ3v) is 4.21. The lowest BCUT2D eigenvalue weighted by Crippen LogP contribution is -2.35. The van der Waals surface area contributed by atoms with E-state index < -0.39 is 11.8 Å². The number of rotatable bonds is 7. The number of carbonyl (C=O) groups excluding carboxylic acids is 1. The van der Waals surface area contributed by atoms with Gasteiger partial charge in [-0.15, -0.1) is 0 Å². The molecule has 0 aliphatic carbocycles. The molecule has 0 aromatic heterocycles. The summed E-state index contributed by atoms with van der Waals surface area (Å²) in [6, 6.07) is 4.77. The Morgan fingerprint density at radius 2 is 2.15 bits per heavy atom. The Morgan fingerprint density at radius 3 is 2.69 bits per heavy atom. The zero-order valence-electron chi connectivity index (χ0n) is 15.2. The van der Waals surface area contributed by atoms with Crippen LogP contribution >= 0.6 is 0 Å². The molecule has 1 aromatic rings. The summed E-state index contributed by atoms with van der Waals surface area (Å²) in [5.41, 5.74) is 1.93. The molecule has 0 radical (unpaired) electrons. The van der Waals surface area contributed by atoms with Gasteiger partial charge in [0.2, 0.25) is 0 Å². The van der Waals surface area contributed by atoms with Crippen LogP contribution in [0.5, 0.6) is 0 Å². The molecular weight excluding hydrogens is 335 g/mol. The van der Waals surface area contributed by atoms with E-state index in [1.165, 1.54) is 6.07 Å². The highest BCUT2D eigenvalue weighted by atomic mass is 19.1. The SMILES string of the molecule is C=C(C)c1ccc(/C(NC2CCOCC2)=C(/C=N)C(=O)OCC)c(F)c1. The fourth-order valence-electron chi connectivity index (χ4n) is 2.77. The summed E-state index contributed by atoms with van der Waals surface area (Å²) >= 11 is 0. The number of hydrogen-bond donors (Lipinski definition) is 2. The summed E-state index contributed by atoms with van der Waals surface area (Å²) in [6.45, 7) is 8.68. The molecule has 26 heavy (non-hydrogen) atoms. The Labute approximate surface area is 153 Å². The largest absolute Gasteiger partial charge is 0.462 e. The third-order valence-electron chi connectivity index (χ3n) is 4.21. The van der Waals surface area contributed by atoms with Crippen molar-refractivity contribution in [2.45, 2.75) is 32.7 Å². The Morgan fingerprint density at radius 1 is 1.46 bits per heavy atom. The number of carbonyl (C=O) groups is 1. The van der Waals surface area contributed by atoms with Gasteiger partial charge in [-0.25, -0.2) is 9.18 Å². The van der Waals surface area contributed by atoms with E-state index in [1.807, 2.05) is 0 Å². The van der Waals surface area contributed by atoms with Gasteiger partial charge in [0.25, 0.3) is 0 Å². The molecule has 1 aliphatic heterocycles. The summed E-state index contributed by atoms with van der Waals surface area (Å²) in [7, 11) is 0. The van der Waals surface area contributed by atoms with Crippen molar-refractivity contribution in [2.75, 3.05) is 19.8 Å². The van der Waals surface area contributed by atoms with Gasteiger partial charge in [-0.1, -0.05) is 18.2 Å². The molecule has 1 aliphatic rings. The first-order valence-corrected chi connectivity index (χ1v) is 8.69. The topological polar surface area (TPSA) is 71.4 Å². The fourth-order valence-corrected chi connectivity index (χ4v) is 2.77. The van der Waals surface area contributed by atoms with Gasteiger partial charge in [-0.3, -0.25) is 0 Å². The van der Waals surface area contributed by atoms with Crippen LogP contribution in [0.2, 0.25) is 0 Å². The molecule has 2 rings (SSSR count). The van der Waals surface area contributed by atoms with Gasteiger partial charge in [0, 0.05) is 31.0 Å². The van der Waals surface area contributed by atoms with E-state index in [2.05, 4.69) is 11.9 Å². The minimum atomic E-state index is -0.652. The maximum absolute atomic E-state index is 14.8. The zero-order chi connectivity index (χ0) is 19.1. The van der Waals surface area contributed by atoms with Gasteiger partial charge in [-0.2, -0.15) is 0 Å². The van der Waals surface area contributed by atoms with Crippen LogP contribution in [-0.2, 0) is 14.3 Å². The van der Waals surface area contributed by atoms with Crippen molar-refractivity contribution in [2.24, 2.45) is 0 Å². The number of halogens is 1. The summed E-state index contributed by atoms with van der Waals surface area (Å²) in [5.74, 6) is -1.14. The molecule has 0 bridgehead atoms. The molecule has 1 fully saturated rings. The lowest BCUT2D eigenvalue weighted by molar-refractivity contribution is -0.137. The summed E-state index contributed by atoms with van der Waals surface area (Å²) < 4.78 is 25.2. The molecule has 5 nitrogen and oxygen atoms in total. The lowest BCUT2D eigenvalue weighted by atomic mass is 9.99. The quantitative estimate of drug-likeness (QED) is 0.443. The van der Waals surface area contributed by atoms with Crippen molar-refractivity contribution in [3.8, 4) is 0 Å². The van der Waals surface area contributed by atoms with Crippen molar-refractivity contribution in [1.82, 2.24) is 5.32 Å². The van der Waals surface area contributed by atoms with Crippen LogP contribution in [0.1, 0.15) is 37.8 Å². The standard InChI is InChI=1S/C20H25FN2O3/c1-4-26-20(24)17(12-22)19(23-15-7-9-25-10-8-15)16-6-5-14(13(2)3)11-18(16)21/h5-6,11-12,15,22-23H,2,4,7-10H2,1,3H3/b19-17+,22-12?. The summed E-state index contributed by atoms with van der Waals surface area (Å²) in [6.07, 6.45) is 2.39. The maximum atomic E-state index is 14.8. The first-order chi connectivity index (χ1) is 12.5. The number of allylic oxidation sites excluding steroid dienone is 1. The first-order valence-electron chi connectivity index (χ1n) is 8.69. The van der Waals surface area contributed by atoms with Crippen LogP contribution in [0.15, 0.2) is 30.4 Å². The minimum absolute atomic E-state index is 0.000293. The van der Waals surface area contributed by atoms with Crippen LogP contribution in [-0.4, -0.2) is 38.0 Å². The number of benzene rings is 1. The zero-order valence-corrected chi connectivity index (χ0v) is 15.2. The van der Waals surface area contributed by atoms with Crippen LogP contribution in [0.4, 0.5) is 4.39 Å². The predicted molar refractivity (Wildman–Crippen MR) is 100 cm³/mol. The highest BCUT2D eigenvalue weighted by molar-refractivity contribution is 6.15. The Bertz CT molecular complexity index is 722. The normalized spacial score (nSPS) is 15.8. The Hall–Kier alpha value is -2.47. The van der Waals surface area contributed by atoms with Crippen LogP contribution in [0.25, 0.3) is 11.3 Å². The third kappa shape index (κ3) is 4.79. The molecule has 1 aromatic carbocycles. The lowest BCUT2D eigenvalue weighted by Gasteiger charge is -2.27. The molecule has 0 atom stereocenters. The van der Waals surface area contributed by atoms with Crippen LogP contribution < -0.4 is 5.32 Å². The molecule has 0 amide bonds. The van der Waals surface area contributed by atoms with Crippen LogP contribution in [0, 0.1) is 11.2 Å². The molecule has 0 spiro atoms. The maximum Gasteiger partial charge on any atom is 0.341 e. The molecule has 0 unspecified atom stereocenters. The van der Waals surface area contributed by atoms with Crippen molar-refractivity contribution >= 4 is 23.5 Å². The predicted octanol–water partition coefficient (Wildman–Crippen LogP) is 3.55. The van der Waals surface area contributed by atoms with E-state index in [-0.39, 0.29) is 29.5 Å². The second kappa shape index (κ2) is 9.29. The van der Waals surface area contributed by atoms with E-state index in [4.69, 9.17) is 14.9 Å². The smallest absolute Gasteiger partial charge is 0.341 e. The Kier molecular flexibility index (Phi) is 7.09. The van der Waals surface area contributed by atoms with E-state index in [0.717, 1.165) is 24.6 Å². The Balaban J connectivity index is 2.50. The number of nitrogens with one attached hydrogen (secondary N) is 2. The number of hydrogen-bond acceptors (Lipinski definition) is 5. The number of esters is 1. The molecular formula is C20H25FN2O3. The monoisotopic (exact) mass is 360 g/mol. The highest BCUT2D eigenvalue weighted by Gasteiger charge is 2.23. The van der Waals surface area contributed by atoms with Crippen molar-refractivity contribution in [1.29, 1.82) is 5.41 Å². The molecule has 140 valence electrons. The summed E-state index contributed by atoms with van der Waals surface area (Å²) in [4.78, 5) is 12.3. The summed E-state index contributed by atoms with van der Waals surface area (Å²) in [5, 5.41) is 10.9. The van der Waals surface area contributed by atoms with Crippen molar-refractivity contribution in [3.05, 3.63) is 47.3 Å². The molecule has 1 heterocycles. The van der Waals surface area contributed by atoms with Gasteiger partial charge in [0.05, 0.1) is 12.3 Å². The van der Waals surface area contributed by atoms with Crippen LogP contribution in [0.3, 0.4) is 0 Å². The van der Waals surface area contributed by atoms with Gasteiger partial charge in [0.1, 0.15) is 11.4 Å².